The summed E-state index contributed by atoms with van der Waals surface area (Å²) >= 11 is 6.02. The van der Waals surface area contributed by atoms with E-state index < -0.39 is 0 Å². The molecule has 5 nitrogen and oxygen atoms in total. The van der Waals surface area contributed by atoms with Gasteiger partial charge in [-0.3, -0.25) is 9.48 Å². The fourth-order valence-electron chi connectivity index (χ4n) is 1.77. The zero-order valence-corrected chi connectivity index (χ0v) is 11.8. The van der Waals surface area contributed by atoms with Crippen LogP contribution in [-0.4, -0.2) is 33.4 Å². The second-order valence-corrected chi connectivity index (χ2v) is 4.71. The Balaban J connectivity index is 2.61. The van der Waals surface area contributed by atoms with Gasteiger partial charge in [0.1, 0.15) is 6.54 Å². The van der Waals surface area contributed by atoms with Gasteiger partial charge in [0.25, 0.3) is 0 Å². The maximum atomic E-state index is 11.8. The summed E-state index contributed by atoms with van der Waals surface area (Å²) < 4.78 is 1.60. The van der Waals surface area contributed by atoms with Crippen molar-refractivity contribution in [1.82, 2.24) is 15.1 Å². The summed E-state index contributed by atoms with van der Waals surface area (Å²) in [5.74, 6) is -0.113. The first-order valence-electron chi connectivity index (χ1n) is 6.09. The monoisotopic (exact) mass is 273 g/mol. The van der Waals surface area contributed by atoms with Gasteiger partial charge in [0, 0.05) is 12.6 Å². The SMILES string of the molecule is CCC(CCO)NC(=O)Cn1nc(C)c(Cl)c1C. The van der Waals surface area contributed by atoms with Crippen molar-refractivity contribution in [2.45, 2.75) is 46.2 Å². The molecule has 0 aliphatic heterocycles. The number of nitrogens with one attached hydrogen (secondary N) is 1. The molecule has 0 bridgehead atoms. The first kappa shape index (κ1) is 15.0. The Hall–Kier alpha value is -1.07. The largest absolute Gasteiger partial charge is 0.396 e. The van der Waals surface area contributed by atoms with Crippen LogP contribution in [-0.2, 0) is 11.3 Å². The minimum atomic E-state index is -0.113. The highest BCUT2D eigenvalue weighted by Gasteiger charge is 2.14. The lowest BCUT2D eigenvalue weighted by Gasteiger charge is -2.15. The average Bonchev–Trinajstić information content (AvgIpc) is 2.56. The molecule has 0 aliphatic carbocycles. The standard InChI is InChI=1S/C12H20ClN3O2/c1-4-10(5-6-17)14-11(18)7-16-9(3)12(13)8(2)15-16/h10,17H,4-7H2,1-3H3,(H,14,18). The molecule has 1 amide bonds. The summed E-state index contributed by atoms with van der Waals surface area (Å²) in [4.78, 5) is 11.8. The van der Waals surface area contributed by atoms with Crippen LogP contribution in [0.3, 0.4) is 0 Å². The molecule has 0 radical (unpaired) electrons. The summed E-state index contributed by atoms with van der Waals surface area (Å²) in [6.45, 7) is 5.84. The molecule has 0 aromatic carbocycles. The normalized spacial score (nSPS) is 12.5. The molecule has 1 aromatic rings. The number of aryl methyl sites for hydroxylation is 1. The molecule has 1 heterocycles. The Bertz CT molecular complexity index is 418. The lowest BCUT2D eigenvalue weighted by molar-refractivity contribution is -0.122. The number of rotatable bonds is 6. The number of hydrogen-bond acceptors (Lipinski definition) is 3. The second-order valence-electron chi connectivity index (χ2n) is 4.33. The summed E-state index contributed by atoms with van der Waals surface area (Å²) in [6, 6.07) is 0.00920. The molecule has 0 spiro atoms. The van der Waals surface area contributed by atoms with E-state index in [2.05, 4.69) is 10.4 Å². The smallest absolute Gasteiger partial charge is 0.241 e. The Morgan fingerprint density at radius 3 is 2.67 bits per heavy atom. The molecule has 0 saturated heterocycles. The van der Waals surface area contributed by atoms with E-state index in [1.54, 1.807) is 4.68 Å². The van der Waals surface area contributed by atoms with Crippen LogP contribution in [0, 0.1) is 13.8 Å². The number of aromatic nitrogens is 2. The van der Waals surface area contributed by atoms with Crippen molar-refractivity contribution in [1.29, 1.82) is 0 Å². The van der Waals surface area contributed by atoms with Gasteiger partial charge in [0.2, 0.25) is 5.91 Å². The predicted octanol–water partition coefficient (Wildman–Crippen LogP) is 1.43. The topological polar surface area (TPSA) is 67.2 Å². The van der Waals surface area contributed by atoms with E-state index in [0.29, 0.717) is 11.4 Å². The van der Waals surface area contributed by atoms with Gasteiger partial charge in [-0.1, -0.05) is 18.5 Å². The molecule has 0 saturated carbocycles. The quantitative estimate of drug-likeness (QED) is 0.824. The predicted molar refractivity (Wildman–Crippen MR) is 70.6 cm³/mol. The van der Waals surface area contributed by atoms with Crippen LogP contribution in [0.2, 0.25) is 5.02 Å². The van der Waals surface area contributed by atoms with Crippen molar-refractivity contribution in [2.24, 2.45) is 0 Å². The third kappa shape index (κ3) is 3.71. The molecule has 0 fully saturated rings. The highest BCUT2D eigenvalue weighted by Crippen LogP contribution is 2.18. The maximum Gasteiger partial charge on any atom is 0.241 e. The first-order chi connectivity index (χ1) is 8.49. The minimum absolute atomic E-state index is 0.00920. The fourth-order valence-corrected chi connectivity index (χ4v) is 1.91. The van der Waals surface area contributed by atoms with Crippen LogP contribution < -0.4 is 5.32 Å². The van der Waals surface area contributed by atoms with E-state index in [9.17, 15) is 4.79 Å². The number of aliphatic hydroxyl groups is 1. The Kier molecular flexibility index (Phi) is 5.62. The highest BCUT2D eigenvalue weighted by molar-refractivity contribution is 6.31. The second kappa shape index (κ2) is 6.75. The summed E-state index contributed by atoms with van der Waals surface area (Å²) in [5, 5.41) is 16.5. The Labute approximate surface area is 112 Å². The van der Waals surface area contributed by atoms with E-state index in [1.165, 1.54) is 0 Å². The molecule has 6 heteroatoms. The molecular formula is C12H20ClN3O2. The number of nitrogens with zero attached hydrogens (tertiary/aromatic N) is 2. The van der Waals surface area contributed by atoms with Crippen molar-refractivity contribution in [3.63, 3.8) is 0 Å². The van der Waals surface area contributed by atoms with E-state index in [0.717, 1.165) is 17.8 Å². The van der Waals surface area contributed by atoms with Crippen LogP contribution in [0.25, 0.3) is 0 Å². The summed E-state index contributed by atoms with van der Waals surface area (Å²) in [7, 11) is 0. The van der Waals surface area contributed by atoms with Crippen molar-refractivity contribution < 1.29 is 9.90 Å². The molecular weight excluding hydrogens is 254 g/mol. The molecule has 102 valence electrons. The lowest BCUT2D eigenvalue weighted by Crippen LogP contribution is -2.37. The minimum Gasteiger partial charge on any atom is -0.396 e. The summed E-state index contributed by atoms with van der Waals surface area (Å²) in [6.07, 6.45) is 1.37. The molecule has 1 aromatic heterocycles. The maximum absolute atomic E-state index is 11.8. The number of aliphatic hydroxyl groups excluding tert-OH is 1. The van der Waals surface area contributed by atoms with Gasteiger partial charge >= 0.3 is 0 Å². The van der Waals surface area contributed by atoms with Gasteiger partial charge in [-0.15, -0.1) is 0 Å². The van der Waals surface area contributed by atoms with Crippen molar-refractivity contribution in [3.8, 4) is 0 Å². The van der Waals surface area contributed by atoms with Crippen molar-refractivity contribution in [2.75, 3.05) is 6.61 Å². The Morgan fingerprint density at radius 1 is 1.56 bits per heavy atom. The van der Waals surface area contributed by atoms with Crippen molar-refractivity contribution in [3.05, 3.63) is 16.4 Å². The average molecular weight is 274 g/mol. The lowest BCUT2D eigenvalue weighted by atomic mass is 10.1. The third-order valence-electron chi connectivity index (χ3n) is 2.92. The van der Waals surface area contributed by atoms with E-state index >= 15 is 0 Å². The molecule has 1 atom stereocenters. The number of carbonyl (C=O) groups is 1. The molecule has 0 aliphatic rings. The number of carbonyl (C=O) groups excluding carboxylic acids is 1. The zero-order valence-electron chi connectivity index (χ0n) is 11.0. The molecule has 18 heavy (non-hydrogen) atoms. The highest BCUT2D eigenvalue weighted by atomic mass is 35.5. The number of hydrogen-bond donors (Lipinski definition) is 2. The van der Waals surface area contributed by atoms with Gasteiger partial charge in [-0.2, -0.15) is 5.10 Å². The van der Waals surface area contributed by atoms with Gasteiger partial charge in [-0.05, 0) is 26.7 Å². The van der Waals surface area contributed by atoms with Crippen LogP contribution in [0.15, 0.2) is 0 Å². The zero-order chi connectivity index (χ0) is 13.7. The molecule has 2 N–H and O–H groups in total. The van der Waals surface area contributed by atoms with Crippen LogP contribution in [0.5, 0.6) is 0 Å². The van der Waals surface area contributed by atoms with E-state index in [-0.39, 0.29) is 25.1 Å². The Morgan fingerprint density at radius 2 is 2.22 bits per heavy atom. The molecule has 1 unspecified atom stereocenters. The number of amides is 1. The van der Waals surface area contributed by atoms with Gasteiger partial charge < -0.3 is 10.4 Å². The van der Waals surface area contributed by atoms with Crippen LogP contribution in [0.4, 0.5) is 0 Å². The number of halogens is 1. The molecule has 1 rings (SSSR count). The fraction of sp³-hybridized carbons (Fsp3) is 0.667. The van der Waals surface area contributed by atoms with Gasteiger partial charge in [-0.25, -0.2) is 0 Å². The van der Waals surface area contributed by atoms with E-state index in [4.69, 9.17) is 16.7 Å². The summed E-state index contributed by atoms with van der Waals surface area (Å²) in [5.41, 5.74) is 1.52. The third-order valence-corrected chi connectivity index (χ3v) is 3.47. The van der Waals surface area contributed by atoms with Gasteiger partial charge in [0.05, 0.1) is 16.4 Å². The van der Waals surface area contributed by atoms with Crippen LogP contribution >= 0.6 is 11.6 Å². The van der Waals surface area contributed by atoms with Crippen LogP contribution in [0.1, 0.15) is 31.2 Å². The van der Waals surface area contributed by atoms with Gasteiger partial charge in [0.15, 0.2) is 0 Å². The van der Waals surface area contributed by atoms with Crippen molar-refractivity contribution >= 4 is 17.5 Å². The van der Waals surface area contributed by atoms with E-state index in [1.807, 2.05) is 20.8 Å². The first-order valence-corrected chi connectivity index (χ1v) is 6.47.